The van der Waals surface area contributed by atoms with Crippen LogP contribution in [0.2, 0.25) is 0 Å². The van der Waals surface area contributed by atoms with Crippen molar-refractivity contribution in [1.82, 2.24) is 10.2 Å². The van der Waals surface area contributed by atoms with Gasteiger partial charge in [0.15, 0.2) is 0 Å². The van der Waals surface area contributed by atoms with Crippen molar-refractivity contribution < 1.29 is 4.79 Å². The first kappa shape index (κ1) is 9.83. The van der Waals surface area contributed by atoms with Gasteiger partial charge in [0.1, 0.15) is 0 Å². The summed E-state index contributed by atoms with van der Waals surface area (Å²) in [5.74, 6) is 0. The van der Waals surface area contributed by atoms with Crippen LogP contribution in [-0.2, 0) is 0 Å². The van der Waals surface area contributed by atoms with E-state index in [1.165, 1.54) is 0 Å². The minimum absolute atomic E-state index is 0.0197. The Bertz CT molecular complexity index is 378. The van der Waals surface area contributed by atoms with E-state index in [0.717, 1.165) is 24.2 Å². The summed E-state index contributed by atoms with van der Waals surface area (Å²) < 4.78 is 0. The maximum atomic E-state index is 11.4. The molecule has 0 radical (unpaired) electrons. The van der Waals surface area contributed by atoms with E-state index >= 15 is 0 Å². The fourth-order valence-corrected chi connectivity index (χ4v) is 1.78. The average molecular weight is 205 g/mol. The molecule has 0 saturated carbocycles. The summed E-state index contributed by atoms with van der Waals surface area (Å²) in [6.07, 6.45) is 0.922. The molecule has 1 aromatic rings. The van der Waals surface area contributed by atoms with Crippen LogP contribution in [-0.4, -0.2) is 24.5 Å². The van der Waals surface area contributed by atoms with Crippen molar-refractivity contribution in [3.8, 4) is 0 Å². The van der Waals surface area contributed by atoms with Crippen LogP contribution in [0, 0.1) is 0 Å². The average Bonchev–Trinajstić information content (AvgIpc) is 2.22. The highest BCUT2D eigenvalue weighted by molar-refractivity contribution is 5.75. The highest BCUT2D eigenvalue weighted by Crippen LogP contribution is 2.22. The van der Waals surface area contributed by atoms with Gasteiger partial charge < -0.3 is 16.0 Å². The fraction of sp³-hybridized carbons (Fsp3) is 0.364. The smallest absolute Gasteiger partial charge is 0.317 e. The first-order valence-electron chi connectivity index (χ1n) is 5.04. The highest BCUT2D eigenvalue weighted by atomic mass is 16.2. The van der Waals surface area contributed by atoms with Crippen LogP contribution in [0.15, 0.2) is 24.3 Å². The molecule has 1 aliphatic heterocycles. The lowest BCUT2D eigenvalue weighted by Crippen LogP contribution is -2.45. The molecule has 0 spiro atoms. The monoisotopic (exact) mass is 205 g/mol. The maximum Gasteiger partial charge on any atom is 0.317 e. The second-order valence-electron chi connectivity index (χ2n) is 3.88. The summed E-state index contributed by atoms with van der Waals surface area (Å²) in [5.41, 5.74) is 7.52. The Hall–Kier alpha value is -1.71. The number of anilines is 1. The summed E-state index contributed by atoms with van der Waals surface area (Å²) >= 11 is 0. The van der Waals surface area contributed by atoms with Crippen molar-refractivity contribution >= 4 is 11.7 Å². The van der Waals surface area contributed by atoms with Crippen LogP contribution in [0.3, 0.4) is 0 Å². The van der Waals surface area contributed by atoms with E-state index in [1.54, 1.807) is 11.9 Å². The number of amides is 2. The third-order valence-corrected chi connectivity index (χ3v) is 2.71. The molecule has 0 aliphatic carbocycles. The fourth-order valence-electron chi connectivity index (χ4n) is 1.78. The van der Waals surface area contributed by atoms with Crippen LogP contribution in [0.5, 0.6) is 0 Å². The summed E-state index contributed by atoms with van der Waals surface area (Å²) in [5, 5.41) is 2.94. The van der Waals surface area contributed by atoms with Gasteiger partial charge in [0.2, 0.25) is 0 Å². The Labute approximate surface area is 89.1 Å². The van der Waals surface area contributed by atoms with Gasteiger partial charge in [-0.2, -0.15) is 0 Å². The first-order chi connectivity index (χ1) is 7.16. The maximum absolute atomic E-state index is 11.4. The zero-order valence-electron chi connectivity index (χ0n) is 8.73. The molecule has 1 aromatic carbocycles. The zero-order chi connectivity index (χ0) is 10.8. The van der Waals surface area contributed by atoms with Crippen molar-refractivity contribution in [1.29, 1.82) is 0 Å². The SMILES string of the molecule is CN1CCC(c2cccc(N)c2)NC1=O. The van der Waals surface area contributed by atoms with Crippen molar-refractivity contribution in [2.75, 3.05) is 19.3 Å². The Morgan fingerprint density at radius 3 is 3.00 bits per heavy atom. The van der Waals surface area contributed by atoms with Crippen LogP contribution >= 0.6 is 0 Å². The summed E-state index contributed by atoms with van der Waals surface area (Å²) in [6.45, 7) is 0.783. The number of hydrogen-bond acceptors (Lipinski definition) is 2. The standard InChI is InChI=1S/C11H15N3O/c1-14-6-5-10(13-11(14)15)8-3-2-4-9(12)7-8/h2-4,7,10H,5-6,12H2,1H3,(H,13,15). The number of carbonyl (C=O) groups is 1. The Morgan fingerprint density at radius 1 is 1.53 bits per heavy atom. The Kier molecular flexibility index (Phi) is 2.49. The molecule has 1 aliphatic rings. The molecule has 1 unspecified atom stereocenters. The molecule has 1 heterocycles. The van der Waals surface area contributed by atoms with E-state index in [0.29, 0.717) is 0 Å². The Balaban J connectivity index is 2.15. The predicted molar refractivity (Wildman–Crippen MR) is 59.4 cm³/mol. The topological polar surface area (TPSA) is 58.4 Å². The van der Waals surface area contributed by atoms with E-state index in [1.807, 2.05) is 24.3 Å². The number of urea groups is 1. The van der Waals surface area contributed by atoms with Crippen LogP contribution in [0.4, 0.5) is 10.5 Å². The lowest BCUT2D eigenvalue weighted by Gasteiger charge is -2.30. The molecule has 4 heteroatoms. The van der Waals surface area contributed by atoms with Gasteiger partial charge in [0.25, 0.3) is 0 Å². The first-order valence-corrected chi connectivity index (χ1v) is 5.04. The molecule has 2 amide bonds. The largest absolute Gasteiger partial charge is 0.399 e. The summed E-state index contributed by atoms with van der Waals surface area (Å²) in [4.78, 5) is 13.1. The van der Waals surface area contributed by atoms with Crippen molar-refractivity contribution in [3.05, 3.63) is 29.8 Å². The van der Waals surface area contributed by atoms with Crippen LogP contribution in [0.25, 0.3) is 0 Å². The van der Waals surface area contributed by atoms with Crippen LogP contribution in [0.1, 0.15) is 18.0 Å². The third kappa shape index (κ3) is 2.03. The van der Waals surface area contributed by atoms with Gasteiger partial charge in [-0.3, -0.25) is 0 Å². The molecular weight excluding hydrogens is 190 g/mol. The number of hydrogen-bond donors (Lipinski definition) is 2. The van der Waals surface area contributed by atoms with Crippen molar-refractivity contribution in [2.45, 2.75) is 12.5 Å². The number of nitrogens with two attached hydrogens (primary N) is 1. The van der Waals surface area contributed by atoms with Crippen molar-refractivity contribution in [2.24, 2.45) is 0 Å². The van der Waals surface area contributed by atoms with Crippen molar-refractivity contribution in [3.63, 3.8) is 0 Å². The van der Waals surface area contributed by atoms with Gasteiger partial charge in [-0.05, 0) is 24.1 Å². The van der Waals surface area contributed by atoms with Gasteiger partial charge in [0, 0.05) is 19.3 Å². The number of nitrogens with one attached hydrogen (secondary N) is 1. The number of carbonyl (C=O) groups excluding carboxylic acids is 1. The highest BCUT2D eigenvalue weighted by Gasteiger charge is 2.22. The molecule has 2 rings (SSSR count). The van der Waals surface area contributed by atoms with E-state index in [9.17, 15) is 4.79 Å². The number of rotatable bonds is 1. The molecule has 15 heavy (non-hydrogen) atoms. The molecule has 3 N–H and O–H groups in total. The molecule has 0 bridgehead atoms. The lowest BCUT2D eigenvalue weighted by atomic mass is 10.0. The molecular formula is C11H15N3O. The molecule has 1 saturated heterocycles. The quantitative estimate of drug-likeness (QED) is 0.680. The van der Waals surface area contributed by atoms with E-state index in [-0.39, 0.29) is 12.1 Å². The second kappa shape index (κ2) is 3.81. The Morgan fingerprint density at radius 2 is 2.33 bits per heavy atom. The summed E-state index contributed by atoms with van der Waals surface area (Å²) in [6, 6.07) is 7.74. The van der Waals surface area contributed by atoms with E-state index in [4.69, 9.17) is 5.73 Å². The molecule has 1 fully saturated rings. The lowest BCUT2D eigenvalue weighted by molar-refractivity contribution is 0.187. The van der Waals surface area contributed by atoms with Gasteiger partial charge in [-0.15, -0.1) is 0 Å². The normalized spacial score (nSPS) is 21.3. The van der Waals surface area contributed by atoms with Gasteiger partial charge in [0.05, 0.1) is 6.04 Å². The molecule has 1 atom stereocenters. The molecule has 4 nitrogen and oxygen atoms in total. The summed E-state index contributed by atoms with van der Waals surface area (Å²) in [7, 11) is 1.80. The molecule has 0 aromatic heterocycles. The van der Waals surface area contributed by atoms with Gasteiger partial charge in [-0.1, -0.05) is 12.1 Å². The van der Waals surface area contributed by atoms with Gasteiger partial charge >= 0.3 is 6.03 Å². The molecule has 80 valence electrons. The number of nitrogens with zero attached hydrogens (tertiary/aromatic N) is 1. The predicted octanol–water partition coefficient (Wildman–Crippen LogP) is 1.35. The zero-order valence-corrected chi connectivity index (χ0v) is 8.73. The second-order valence-corrected chi connectivity index (χ2v) is 3.88. The number of benzene rings is 1. The number of nitrogen functional groups attached to an aromatic ring is 1. The minimum Gasteiger partial charge on any atom is -0.399 e. The van der Waals surface area contributed by atoms with E-state index < -0.39 is 0 Å². The minimum atomic E-state index is -0.0197. The van der Waals surface area contributed by atoms with Crippen LogP contribution < -0.4 is 11.1 Å². The third-order valence-electron chi connectivity index (χ3n) is 2.71. The van der Waals surface area contributed by atoms with E-state index in [2.05, 4.69) is 5.32 Å². The van der Waals surface area contributed by atoms with Gasteiger partial charge in [-0.25, -0.2) is 4.79 Å².